The van der Waals surface area contributed by atoms with Crippen LogP contribution in [0, 0.1) is 0 Å². The molecule has 19 heavy (non-hydrogen) atoms. The van der Waals surface area contributed by atoms with Gasteiger partial charge >= 0.3 is 11.9 Å². The first-order valence-electron chi connectivity index (χ1n) is 6.17. The van der Waals surface area contributed by atoms with E-state index in [9.17, 15) is 9.59 Å². The van der Waals surface area contributed by atoms with Crippen molar-refractivity contribution in [3.63, 3.8) is 0 Å². The molecule has 6 heteroatoms. The zero-order chi connectivity index (χ0) is 14.2. The van der Waals surface area contributed by atoms with Crippen molar-refractivity contribution in [2.75, 3.05) is 0 Å². The lowest BCUT2D eigenvalue weighted by Gasteiger charge is -2.31. The van der Waals surface area contributed by atoms with E-state index in [0.717, 1.165) is 0 Å². The van der Waals surface area contributed by atoms with Crippen molar-refractivity contribution in [2.24, 2.45) is 0 Å². The minimum Gasteiger partial charge on any atom is -0.455 e. The fourth-order valence-corrected chi connectivity index (χ4v) is 2.36. The van der Waals surface area contributed by atoms with E-state index < -0.39 is 42.1 Å². The number of carbonyl (C=O) groups excluding carboxylic acids is 2. The highest BCUT2D eigenvalue weighted by atomic mass is 16.8. The zero-order valence-corrected chi connectivity index (χ0v) is 11.4. The van der Waals surface area contributed by atoms with Crippen LogP contribution in [0.2, 0.25) is 0 Å². The summed E-state index contributed by atoms with van der Waals surface area (Å²) in [5.74, 6) is -1.60. The van der Waals surface area contributed by atoms with Crippen LogP contribution in [0.15, 0.2) is 12.2 Å². The summed E-state index contributed by atoms with van der Waals surface area (Å²) in [7, 11) is 0. The summed E-state index contributed by atoms with van der Waals surface area (Å²) in [4.78, 5) is 22.2. The first kappa shape index (κ1) is 14.0. The monoisotopic (exact) mass is 270 g/mol. The van der Waals surface area contributed by atoms with Crippen LogP contribution in [0.3, 0.4) is 0 Å². The minimum atomic E-state index is -0.807. The summed E-state index contributed by atoms with van der Waals surface area (Å²) in [6.45, 7) is 6.20. The molecule has 0 unspecified atom stereocenters. The molecule has 106 valence electrons. The molecule has 0 spiro atoms. The van der Waals surface area contributed by atoms with Gasteiger partial charge in [0.25, 0.3) is 0 Å². The molecule has 0 aromatic carbocycles. The van der Waals surface area contributed by atoms with Crippen LogP contribution in [0.4, 0.5) is 0 Å². The topological polar surface area (TPSA) is 71.1 Å². The van der Waals surface area contributed by atoms with Crippen LogP contribution in [0.1, 0.15) is 27.7 Å². The smallest absolute Gasteiger partial charge is 0.303 e. The average Bonchev–Trinajstić information content (AvgIpc) is 2.57. The number of ether oxygens (including phenoxy) is 4. The van der Waals surface area contributed by atoms with Gasteiger partial charge in [0.15, 0.2) is 5.79 Å². The number of hydrogen-bond donors (Lipinski definition) is 0. The van der Waals surface area contributed by atoms with Crippen molar-refractivity contribution < 1.29 is 28.5 Å². The number of esters is 2. The summed E-state index contributed by atoms with van der Waals surface area (Å²) in [5.41, 5.74) is 0. The molecule has 4 atom stereocenters. The van der Waals surface area contributed by atoms with Crippen molar-refractivity contribution in [1.82, 2.24) is 0 Å². The van der Waals surface area contributed by atoms with E-state index in [-0.39, 0.29) is 0 Å². The van der Waals surface area contributed by atoms with E-state index in [4.69, 9.17) is 18.9 Å². The van der Waals surface area contributed by atoms with Gasteiger partial charge in [-0.15, -0.1) is 0 Å². The standard InChI is InChI=1S/C13H18O6/c1-7(14)16-9-5-6-10(17-8(2)15)12-11(9)18-13(3,4)19-12/h5-6,9-12H,1-4H3/t9-,10-,11+,12+/m1/s1. The molecule has 0 aromatic heterocycles. The summed E-state index contributed by atoms with van der Waals surface area (Å²) < 4.78 is 21.8. The highest BCUT2D eigenvalue weighted by Gasteiger charge is 2.51. The van der Waals surface area contributed by atoms with Crippen LogP contribution in [0.5, 0.6) is 0 Å². The lowest BCUT2D eigenvalue weighted by atomic mass is 9.96. The van der Waals surface area contributed by atoms with Crippen LogP contribution < -0.4 is 0 Å². The maximum atomic E-state index is 11.1. The molecule has 0 bridgehead atoms. The fraction of sp³-hybridized carbons (Fsp3) is 0.692. The zero-order valence-electron chi connectivity index (χ0n) is 11.4. The van der Waals surface area contributed by atoms with Gasteiger partial charge in [-0.05, 0) is 26.0 Å². The van der Waals surface area contributed by atoms with Crippen LogP contribution in [0.25, 0.3) is 0 Å². The highest BCUT2D eigenvalue weighted by Crippen LogP contribution is 2.36. The van der Waals surface area contributed by atoms with Crippen LogP contribution >= 0.6 is 0 Å². The molecule has 6 nitrogen and oxygen atoms in total. The third kappa shape index (κ3) is 3.13. The molecule has 0 amide bonds. The number of carbonyl (C=O) groups is 2. The Morgan fingerprint density at radius 1 is 0.947 bits per heavy atom. The van der Waals surface area contributed by atoms with Crippen molar-refractivity contribution in [1.29, 1.82) is 0 Å². The molecule has 1 heterocycles. The van der Waals surface area contributed by atoms with Gasteiger partial charge in [-0.3, -0.25) is 9.59 Å². The van der Waals surface area contributed by atoms with Gasteiger partial charge in [0, 0.05) is 13.8 Å². The normalized spacial score (nSPS) is 35.6. The predicted molar refractivity (Wildman–Crippen MR) is 64.1 cm³/mol. The summed E-state index contributed by atoms with van der Waals surface area (Å²) >= 11 is 0. The van der Waals surface area contributed by atoms with E-state index in [1.165, 1.54) is 13.8 Å². The van der Waals surface area contributed by atoms with Gasteiger partial charge < -0.3 is 18.9 Å². The SMILES string of the molecule is CC(=O)O[C@@H]1C=C[C@@H](OC(C)=O)[C@@H]2OC(C)(C)O[C@H]21. The lowest BCUT2D eigenvalue weighted by molar-refractivity contribution is -0.167. The molecule has 1 aliphatic carbocycles. The van der Waals surface area contributed by atoms with E-state index >= 15 is 0 Å². The Morgan fingerprint density at radius 3 is 1.63 bits per heavy atom. The van der Waals surface area contributed by atoms with Gasteiger partial charge in [-0.25, -0.2) is 0 Å². The van der Waals surface area contributed by atoms with E-state index in [1.54, 1.807) is 26.0 Å². The molecule has 2 rings (SSSR count). The number of rotatable bonds is 2. The van der Waals surface area contributed by atoms with E-state index in [2.05, 4.69) is 0 Å². The molecular formula is C13H18O6. The Balaban J connectivity index is 2.20. The van der Waals surface area contributed by atoms with Crippen molar-refractivity contribution in [2.45, 2.75) is 57.9 Å². The van der Waals surface area contributed by atoms with Gasteiger partial charge in [-0.1, -0.05) is 0 Å². The minimum absolute atomic E-state index is 0.396. The van der Waals surface area contributed by atoms with E-state index in [1.807, 2.05) is 0 Å². The Labute approximate surface area is 111 Å². The fourth-order valence-electron chi connectivity index (χ4n) is 2.36. The second kappa shape index (κ2) is 4.94. The average molecular weight is 270 g/mol. The van der Waals surface area contributed by atoms with Crippen LogP contribution in [-0.2, 0) is 28.5 Å². The largest absolute Gasteiger partial charge is 0.455 e. The van der Waals surface area contributed by atoms with Gasteiger partial charge in [0.2, 0.25) is 0 Å². The first-order valence-corrected chi connectivity index (χ1v) is 6.17. The van der Waals surface area contributed by atoms with E-state index in [0.29, 0.717) is 0 Å². The Kier molecular flexibility index (Phi) is 3.64. The molecule has 2 aliphatic rings. The number of hydrogen-bond acceptors (Lipinski definition) is 6. The highest BCUT2D eigenvalue weighted by molar-refractivity contribution is 5.67. The quantitative estimate of drug-likeness (QED) is 0.549. The Hall–Kier alpha value is -1.40. The molecule has 1 aliphatic heterocycles. The molecule has 0 saturated carbocycles. The van der Waals surface area contributed by atoms with Gasteiger partial charge in [0.05, 0.1) is 0 Å². The summed E-state index contributed by atoms with van der Waals surface area (Å²) in [6, 6.07) is 0. The molecule has 0 aromatic rings. The van der Waals surface area contributed by atoms with Gasteiger partial charge in [0.1, 0.15) is 24.4 Å². The Morgan fingerprint density at radius 2 is 1.32 bits per heavy atom. The lowest BCUT2D eigenvalue weighted by Crippen LogP contribution is -2.47. The Bertz CT molecular complexity index is 377. The number of fused-ring (bicyclic) bond motifs is 1. The molecular weight excluding hydrogens is 252 g/mol. The van der Waals surface area contributed by atoms with Crippen molar-refractivity contribution in [3.05, 3.63) is 12.2 Å². The maximum absolute atomic E-state index is 11.1. The van der Waals surface area contributed by atoms with Crippen molar-refractivity contribution in [3.8, 4) is 0 Å². The van der Waals surface area contributed by atoms with Crippen LogP contribution in [-0.4, -0.2) is 42.1 Å². The second-order valence-electron chi connectivity index (χ2n) is 5.10. The second-order valence-corrected chi connectivity index (χ2v) is 5.10. The molecule has 0 N–H and O–H groups in total. The summed E-state index contributed by atoms with van der Waals surface area (Å²) in [5, 5.41) is 0. The van der Waals surface area contributed by atoms with Crippen molar-refractivity contribution >= 4 is 11.9 Å². The maximum Gasteiger partial charge on any atom is 0.303 e. The summed E-state index contributed by atoms with van der Waals surface area (Å²) in [6.07, 6.45) is 1.32. The first-order chi connectivity index (χ1) is 8.78. The third-order valence-electron chi connectivity index (χ3n) is 2.91. The molecule has 1 saturated heterocycles. The predicted octanol–water partition coefficient (Wildman–Crippen LogP) is 0.940. The molecule has 1 fully saturated rings. The van der Waals surface area contributed by atoms with Gasteiger partial charge in [-0.2, -0.15) is 0 Å². The molecule has 0 radical (unpaired) electrons. The third-order valence-corrected chi connectivity index (χ3v) is 2.91.